The lowest BCUT2D eigenvalue weighted by Gasteiger charge is -2.53. The number of amides is 1. The molecule has 0 saturated heterocycles. The molecular formula is C21H27NO4. The number of methoxy groups -OCH3 is 1. The highest BCUT2D eigenvalue weighted by Crippen LogP contribution is 2.56. The molecule has 5 nitrogen and oxygen atoms in total. The Kier molecular flexibility index (Phi) is 4.88. The molecule has 1 aromatic rings. The second-order valence-electron chi connectivity index (χ2n) is 8.19. The van der Waals surface area contributed by atoms with Gasteiger partial charge in [-0.25, -0.2) is 0 Å². The molecule has 4 aliphatic carbocycles. The predicted octanol–water partition coefficient (Wildman–Crippen LogP) is 2.93. The molecule has 4 fully saturated rings. The van der Waals surface area contributed by atoms with E-state index in [1.165, 1.54) is 32.1 Å². The molecular weight excluding hydrogens is 330 g/mol. The van der Waals surface area contributed by atoms with Crippen molar-refractivity contribution >= 4 is 11.9 Å². The van der Waals surface area contributed by atoms with Crippen LogP contribution in [0.2, 0.25) is 0 Å². The number of hydrogen-bond donors (Lipinski definition) is 1. The molecule has 0 atom stereocenters. The van der Waals surface area contributed by atoms with E-state index in [4.69, 9.17) is 9.47 Å². The number of carbonyl (C=O) groups is 2. The number of rotatable bonds is 6. The Morgan fingerprint density at radius 2 is 1.77 bits per heavy atom. The SMILES string of the molecule is COc1cccc(CNC(=O)COC(=O)C2C3CC4CC(C3)CC2C4)c1. The number of hydrogen-bond acceptors (Lipinski definition) is 4. The highest BCUT2D eigenvalue weighted by molar-refractivity contribution is 5.81. The lowest BCUT2D eigenvalue weighted by atomic mass is 9.52. The van der Waals surface area contributed by atoms with Crippen LogP contribution in [0.5, 0.6) is 5.75 Å². The Hall–Kier alpha value is -2.04. The maximum atomic E-state index is 12.6. The van der Waals surface area contributed by atoms with Crippen molar-refractivity contribution < 1.29 is 19.1 Å². The number of ether oxygens (including phenoxy) is 2. The van der Waals surface area contributed by atoms with Crippen molar-refractivity contribution in [1.82, 2.24) is 5.32 Å². The van der Waals surface area contributed by atoms with Crippen LogP contribution in [0, 0.1) is 29.6 Å². The van der Waals surface area contributed by atoms with Crippen molar-refractivity contribution in [3.8, 4) is 5.75 Å². The minimum absolute atomic E-state index is 0.0222. The van der Waals surface area contributed by atoms with Crippen molar-refractivity contribution in [2.75, 3.05) is 13.7 Å². The lowest BCUT2D eigenvalue weighted by molar-refractivity contribution is -0.164. The lowest BCUT2D eigenvalue weighted by Crippen LogP contribution is -2.48. The summed E-state index contributed by atoms with van der Waals surface area (Å²) >= 11 is 0. The van der Waals surface area contributed by atoms with Gasteiger partial charge in [0.2, 0.25) is 0 Å². The van der Waals surface area contributed by atoms with Crippen molar-refractivity contribution in [3.05, 3.63) is 29.8 Å². The Morgan fingerprint density at radius 3 is 2.42 bits per heavy atom. The molecule has 5 heteroatoms. The van der Waals surface area contributed by atoms with Gasteiger partial charge in [-0.15, -0.1) is 0 Å². The van der Waals surface area contributed by atoms with E-state index in [1.807, 2.05) is 24.3 Å². The first-order chi connectivity index (χ1) is 12.6. The van der Waals surface area contributed by atoms with E-state index >= 15 is 0 Å². The van der Waals surface area contributed by atoms with Crippen LogP contribution in [0.15, 0.2) is 24.3 Å². The fourth-order valence-electron chi connectivity index (χ4n) is 5.58. The van der Waals surface area contributed by atoms with Gasteiger partial charge >= 0.3 is 5.97 Å². The summed E-state index contributed by atoms with van der Waals surface area (Å²) in [7, 11) is 1.61. The largest absolute Gasteiger partial charge is 0.497 e. The van der Waals surface area contributed by atoms with Gasteiger partial charge in [0.05, 0.1) is 13.0 Å². The van der Waals surface area contributed by atoms with E-state index in [0.717, 1.165) is 23.1 Å². The Labute approximate surface area is 154 Å². The van der Waals surface area contributed by atoms with Crippen LogP contribution in [0.4, 0.5) is 0 Å². The van der Waals surface area contributed by atoms with Crippen molar-refractivity contribution in [1.29, 1.82) is 0 Å². The van der Waals surface area contributed by atoms with Gasteiger partial charge < -0.3 is 14.8 Å². The molecule has 1 amide bonds. The Morgan fingerprint density at radius 1 is 1.08 bits per heavy atom. The summed E-state index contributed by atoms with van der Waals surface area (Å²) in [6, 6.07) is 7.54. The molecule has 0 aromatic heterocycles. The van der Waals surface area contributed by atoms with Crippen LogP contribution >= 0.6 is 0 Å². The van der Waals surface area contributed by atoms with Gasteiger partial charge in [0.25, 0.3) is 5.91 Å². The first-order valence-corrected chi connectivity index (χ1v) is 9.68. The third-order valence-corrected chi connectivity index (χ3v) is 6.47. The quantitative estimate of drug-likeness (QED) is 0.795. The molecule has 4 saturated carbocycles. The highest BCUT2D eigenvalue weighted by atomic mass is 16.5. The maximum absolute atomic E-state index is 12.6. The zero-order valence-electron chi connectivity index (χ0n) is 15.3. The topological polar surface area (TPSA) is 64.6 Å². The third-order valence-electron chi connectivity index (χ3n) is 6.47. The molecule has 0 heterocycles. The predicted molar refractivity (Wildman–Crippen MR) is 96.3 cm³/mol. The first-order valence-electron chi connectivity index (χ1n) is 9.68. The van der Waals surface area contributed by atoms with Crippen LogP contribution in [-0.4, -0.2) is 25.6 Å². The third kappa shape index (κ3) is 3.57. The van der Waals surface area contributed by atoms with E-state index in [1.54, 1.807) is 7.11 Å². The van der Waals surface area contributed by atoms with E-state index < -0.39 is 0 Å². The summed E-state index contributed by atoms with van der Waals surface area (Å²) in [4.78, 5) is 24.6. The average molecular weight is 357 g/mol. The second-order valence-corrected chi connectivity index (χ2v) is 8.19. The molecule has 4 bridgehead atoms. The molecule has 0 aliphatic heterocycles. The van der Waals surface area contributed by atoms with Gasteiger partial charge in [-0.1, -0.05) is 12.1 Å². The van der Waals surface area contributed by atoms with Gasteiger partial charge in [-0.2, -0.15) is 0 Å². The fraction of sp³-hybridized carbons (Fsp3) is 0.619. The monoisotopic (exact) mass is 357 g/mol. The van der Waals surface area contributed by atoms with Crippen LogP contribution < -0.4 is 10.1 Å². The smallest absolute Gasteiger partial charge is 0.310 e. The van der Waals surface area contributed by atoms with Crippen LogP contribution in [0.3, 0.4) is 0 Å². The normalized spacial score (nSPS) is 31.5. The molecule has 0 unspecified atom stereocenters. The van der Waals surface area contributed by atoms with Gasteiger partial charge in [0.1, 0.15) is 5.75 Å². The molecule has 26 heavy (non-hydrogen) atoms. The Balaban J connectivity index is 1.24. The summed E-state index contributed by atoms with van der Waals surface area (Å²) in [6.45, 7) is 0.206. The molecule has 140 valence electrons. The molecule has 5 rings (SSSR count). The Bertz CT molecular complexity index is 658. The summed E-state index contributed by atoms with van der Waals surface area (Å²) in [5.74, 6) is 2.98. The van der Waals surface area contributed by atoms with Crippen molar-refractivity contribution in [3.63, 3.8) is 0 Å². The maximum Gasteiger partial charge on any atom is 0.310 e. The van der Waals surface area contributed by atoms with Gasteiger partial charge in [-0.05, 0) is 73.5 Å². The molecule has 1 N–H and O–H groups in total. The highest BCUT2D eigenvalue weighted by Gasteiger charge is 2.51. The van der Waals surface area contributed by atoms with E-state index in [0.29, 0.717) is 18.4 Å². The molecule has 4 aliphatic rings. The van der Waals surface area contributed by atoms with Crippen LogP contribution in [0.1, 0.15) is 37.7 Å². The van der Waals surface area contributed by atoms with Gasteiger partial charge in [-0.3, -0.25) is 9.59 Å². The van der Waals surface area contributed by atoms with Crippen LogP contribution in [0.25, 0.3) is 0 Å². The number of nitrogens with one attached hydrogen (secondary N) is 1. The fourth-order valence-corrected chi connectivity index (χ4v) is 5.58. The molecule has 0 spiro atoms. The van der Waals surface area contributed by atoms with E-state index in [-0.39, 0.29) is 24.4 Å². The summed E-state index contributed by atoms with van der Waals surface area (Å²) in [5, 5.41) is 2.80. The van der Waals surface area contributed by atoms with Crippen molar-refractivity contribution in [2.24, 2.45) is 29.6 Å². The van der Waals surface area contributed by atoms with Crippen LogP contribution in [-0.2, 0) is 20.9 Å². The van der Waals surface area contributed by atoms with E-state index in [2.05, 4.69) is 5.32 Å². The van der Waals surface area contributed by atoms with Gasteiger partial charge in [0, 0.05) is 6.54 Å². The summed E-state index contributed by atoms with van der Waals surface area (Å²) in [5.41, 5.74) is 0.949. The summed E-state index contributed by atoms with van der Waals surface area (Å²) in [6.07, 6.45) is 6.06. The number of benzene rings is 1. The average Bonchev–Trinajstić information content (AvgIpc) is 2.64. The first kappa shape index (κ1) is 17.4. The second kappa shape index (κ2) is 7.29. The van der Waals surface area contributed by atoms with Gasteiger partial charge in [0.15, 0.2) is 6.61 Å². The number of carbonyl (C=O) groups excluding carboxylic acids is 2. The minimum atomic E-state index is -0.259. The summed E-state index contributed by atoms with van der Waals surface area (Å²) < 4.78 is 10.6. The zero-order chi connectivity index (χ0) is 18.1. The van der Waals surface area contributed by atoms with E-state index in [9.17, 15) is 9.59 Å². The minimum Gasteiger partial charge on any atom is -0.497 e. The zero-order valence-corrected chi connectivity index (χ0v) is 15.3. The molecule has 0 radical (unpaired) electrons. The standard InChI is InChI=1S/C21H27NO4/c1-25-18-4-2-3-13(10-18)11-22-19(23)12-26-21(24)20-16-6-14-5-15(8-16)9-17(20)7-14/h2-4,10,14-17,20H,5-9,11-12H2,1H3,(H,22,23). The molecule has 1 aromatic carbocycles. The number of esters is 1. The van der Waals surface area contributed by atoms with Crippen molar-refractivity contribution in [2.45, 2.75) is 38.6 Å².